The molecule has 1 aliphatic heterocycles. The third-order valence-electron chi connectivity index (χ3n) is 4.61. The van der Waals surface area contributed by atoms with E-state index in [9.17, 15) is 9.90 Å². The first kappa shape index (κ1) is 18.4. The summed E-state index contributed by atoms with van der Waals surface area (Å²) in [5, 5.41) is 13.3. The van der Waals surface area contributed by atoms with Crippen LogP contribution in [0.1, 0.15) is 23.2 Å². The van der Waals surface area contributed by atoms with Crippen LogP contribution in [0.5, 0.6) is 5.75 Å². The number of amides is 1. The fourth-order valence-corrected chi connectivity index (χ4v) is 3.18. The quantitative estimate of drug-likeness (QED) is 0.801. The van der Waals surface area contributed by atoms with Gasteiger partial charge in [0.25, 0.3) is 5.91 Å². The van der Waals surface area contributed by atoms with Crippen LogP contribution in [0.3, 0.4) is 0 Å². The van der Waals surface area contributed by atoms with Crippen LogP contribution >= 0.6 is 0 Å². The molecule has 1 aliphatic rings. The van der Waals surface area contributed by atoms with Crippen LogP contribution < -0.4 is 10.1 Å². The van der Waals surface area contributed by atoms with E-state index < -0.39 is 6.10 Å². The number of ether oxygens (including phenoxy) is 1. The third-order valence-corrected chi connectivity index (χ3v) is 4.61. The number of β-amino-alcohol motifs (C(OH)–C–C–N with tert-alkyl or cyclic N) is 1. The third kappa shape index (κ3) is 5.58. The molecule has 0 bridgehead atoms. The van der Waals surface area contributed by atoms with E-state index in [0.29, 0.717) is 12.1 Å². The van der Waals surface area contributed by atoms with Gasteiger partial charge in [0.2, 0.25) is 0 Å². The van der Waals surface area contributed by atoms with Crippen LogP contribution in [0.4, 0.5) is 0 Å². The Morgan fingerprint density at radius 2 is 1.69 bits per heavy atom. The molecule has 0 saturated carbocycles. The summed E-state index contributed by atoms with van der Waals surface area (Å²) in [5.41, 5.74) is 0.698. The molecule has 1 unspecified atom stereocenters. The van der Waals surface area contributed by atoms with Gasteiger partial charge in [-0.2, -0.15) is 0 Å². The number of hydrogen-bond donors (Lipinski definition) is 2. The van der Waals surface area contributed by atoms with Crippen LogP contribution in [0.15, 0.2) is 60.7 Å². The predicted molar refractivity (Wildman–Crippen MR) is 101 cm³/mol. The normalized spacial score (nSPS) is 16.8. The Kier molecular flexibility index (Phi) is 6.63. The number of nitrogens with one attached hydrogen (secondary N) is 1. The van der Waals surface area contributed by atoms with Gasteiger partial charge in [-0.25, -0.2) is 0 Å². The topological polar surface area (TPSA) is 61.8 Å². The lowest BCUT2D eigenvalue weighted by molar-refractivity contribution is 0.0568. The van der Waals surface area contributed by atoms with Crippen molar-refractivity contribution in [2.24, 2.45) is 0 Å². The monoisotopic (exact) mass is 354 g/mol. The maximum Gasteiger partial charge on any atom is 0.251 e. The molecular weight excluding hydrogens is 328 g/mol. The number of rotatable bonds is 7. The molecule has 1 saturated heterocycles. The van der Waals surface area contributed by atoms with Gasteiger partial charge in [0.15, 0.2) is 0 Å². The first-order chi connectivity index (χ1) is 12.7. The lowest BCUT2D eigenvalue weighted by atomic mass is 10.0. The summed E-state index contributed by atoms with van der Waals surface area (Å²) in [4.78, 5) is 14.4. The van der Waals surface area contributed by atoms with Gasteiger partial charge in [-0.05, 0) is 37.1 Å². The zero-order chi connectivity index (χ0) is 18.2. The highest BCUT2D eigenvalue weighted by Crippen LogP contribution is 2.13. The molecule has 0 radical (unpaired) electrons. The van der Waals surface area contributed by atoms with Crippen molar-refractivity contribution >= 4 is 5.91 Å². The summed E-state index contributed by atoms with van der Waals surface area (Å²) >= 11 is 0. The van der Waals surface area contributed by atoms with Crippen LogP contribution in [-0.2, 0) is 0 Å². The first-order valence-corrected chi connectivity index (χ1v) is 9.15. The largest absolute Gasteiger partial charge is 0.491 e. The predicted octanol–water partition coefficient (Wildman–Crippen LogP) is 2.32. The maximum absolute atomic E-state index is 12.2. The second-order valence-corrected chi connectivity index (χ2v) is 6.69. The summed E-state index contributed by atoms with van der Waals surface area (Å²) in [7, 11) is 0. The molecule has 1 fully saturated rings. The molecule has 5 nitrogen and oxygen atoms in total. The minimum atomic E-state index is -0.523. The maximum atomic E-state index is 12.2. The SMILES string of the molecule is O=C(NC1CCN(CC(O)COc2ccccc2)CC1)c1ccccc1. The van der Waals surface area contributed by atoms with E-state index in [-0.39, 0.29) is 18.6 Å². The number of piperidine rings is 1. The van der Waals surface area contributed by atoms with Gasteiger partial charge in [-0.3, -0.25) is 4.79 Å². The highest BCUT2D eigenvalue weighted by Gasteiger charge is 2.22. The van der Waals surface area contributed by atoms with Crippen molar-refractivity contribution in [1.29, 1.82) is 0 Å². The van der Waals surface area contributed by atoms with Crippen LogP contribution in [-0.4, -0.2) is 54.3 Å². The number of para-hydroxylation sites is 1. The van der Waals surface area contributed by atoms with Crippen molar-refractivity contribution in [3.8, 4) is 5.75 Å². The van der Waals surface area contributed by atoms with Gasteiger partial charge in [0, 0.05) is 31.2 Å². The van der Waals surface area contributed by atoms with Crippen LogP contribution in [0.2, 0.25) is 0 Å². The fourth-order valence-electron chi connectivity index (χ4n) is 3.18. The number of carbonyl (C=O) groups is 1. The van der Waals surface area contributed by atoms with Crippen molar-refractivity contribution in [1.82, 2.24) is 10.2 Å². The molecule has 5 heteroatoms. The number of benzene rings is 2. The van der Waals surface area contributed by atoms with Crippen LogP contribution in [0, 0.1) is 0 Å². The standard InChI is InChI=1S/C21H26N2O3/c24-19(16-26-20-9-5-2-6-10-20)15-23-13-11-18(12-14-23)22-21(25)17-7-3-1-4-8-17/h1-10,18-19,24H,11-16H2,(H,22,25). The van der Waals surface area contributed by atoms with E-state index in [1.54, 1.807) is 0 Å². The summed E-state index contributed by atoms with van der Waals surface area (Å²) in [5.74, 6) is 0.759. The number of nitrogens with zero attached hydrogens (tertiary/aromatic N) is 1. The fraction of sp³-hybridized carbons (Fsp3) is 0.381. The van der Waals surface area contributed by atoms with Gasteiger partial charge < -0.3 is 20.1 Å². The zero-order valence-electron chi connectivity index (χ0n) is 14.9. The Labute approximate surface area is 154 Å². The lowest BCUT2D eigenvalue weighted by Crippen LogP contribution is -2.47. The van der Waals surface area contributed by atoms with Gasteiger partial charge >= 0.3 is 0 Å². The Balaban J connectivity index is 1.36. The zero-order valence-corrected chi connectivity index (χ0v) is 14.9. The van der Waals surface area contributed by atoms with Gasteiger partial charge in [0.05, 0.1) is 0 Å². The molecule has 1 amide bonds. The van der Waals surface area contributed by atoms with Crippen molar-refractivity contribution in [3.63, 3.8) is 0 Å². The summed E-state index contributed by atoms with van der Waals surface area (Å²) < 4.78 is 5.60. The first-order valence-electron chi connectivity index (χ1n) is 9.15. The van der Waals surface area contributed by atoms with Gasteiger partial charge in [-0.1, -0.05) is 36.4 Å². The van der Waals surface area contributed by atoms with Gasteiger partial charge in [0.1, 0.15) is 18.5 Å². The number of aliphatic hydroxyl groups is 1. The average molecular weight is 354 g/mol. The Hall–Kier alpha value is -2.37. The van der Waals surface area contributed by atoms with Crippen molar-refractivity contribution < 1.29 is 14.6 Å². The highest BCUT2D eigenvalue weighted by molar-refractivity contribution is 5.94. The van der Waals surface area contributed by atoms with Crippen molar-refractivity contribution in [2.45, 2.75) is 25.0 Å². The molecule has 138 valence electrons. The van der Waals surface area contributed by atoms with Gasteiger partial charge in [-0.15, -0.1) is 0 Å². The summed E-state index contributed by atoms with van der Waals surface area (Å²) in [6, 6.07) is 19.0. The lowest BCUT2D eigenvalue weighted by Gasteiger charge is -2.33. The molecule has 2 N–H and O–H groups in total. The van der Waals surface area contributed by atoms with E-state index in [4.69, 9.17) is 4.74 Å². The van der Waals surface area contributed by atoms with E-state index in [1.165, 1.54) is 0 Å². The highest BCUT2D eigenvalue weighted by atomic mass is 16.5. The number of likely N-dealkylation sites (tertiary alicyclic amines) is 1. The van der Waals surface area contributed by atoms with E-state index in [1.807, 2.05) is 60.7 Å². The second kappa shape index (κ2) is 9.36. The molecule has 0 spiro atoms. The minimum Gasteiger partial charge on any atom is -0.491 e. The van der Waals surface area contributed by atoms with E-state index >= 15 is 0 Å². The summed E-state index contributed by atoms with van der Waals surface area (Å²) in [6.45, 7) is 2.60. The number of aliphatic hydroxyl groups excluding tert-OH is 1. The number of carbonyl (C=O) groups excluding carboxylic acids is 1. The molecule has 26 heavy (non-hydrogen) atoms. The molecule has 1 heterocycles. The Morgan fingerprint density at radius 3 is 2.35 bits per heavy atom. The molecule has 0 aliphatic carbocycles. The minimum absolute atomic E-state index is 0.0136. The molecule has 0 aromatic heterocycles. The molecule has 3 rings (SSSR count). The summed E-state index contributed by atoms with van der Waals surface area (Å²) in [6.07, 6.45) is 1.26. The Morgan fingerprint density at radius 1 is 1.08 bits per heavy atom. The average Bonchev–Trinajstić information content (AvgIpc) is 2.69. The number of hydrogen-bond acceptors (Lipinski definition) is 4. The van der Waals surface area contributed by atoms with E-state index in [0.717, 1.165) is 31.7 Å². The van der Waals surface area contributed by atoms with E-state index in [2.05, 4.69) is 10.2 Å². The molecule has 1 atom stereocenters. The van der Waals surface area contributed by atoms with Crippen molar-refractivity contribution in [3.05, 3.63) is 66.2 Å². The van der Waals surface area contributed by atoms with Crippen molar-refractivity contribution in [2.75, 3.05) is 26.2 Å². The van der Waals surface area contributed by atoms with Crippen LogP contribution in [0.25, 0.3) is 0 Å². The molecule has 2 aromatic carbocycles. The smallest absolute Gasteiger partial charge is 0.251 e. The molecular formula is C21H26N2O3. The Bertz CT molecular complexity index is 670. The second-order valence-electron chi connectivity index (χ2n) is 6.69. The molecule has 2 aromatic rings.